The van der Waals surface area contributed by atoms with E-state index >= 15 is 0 Å². The summed E-state index contributed by atoms with van der Waals surface area (Å²) >= 11 is 0. The maximum absolute atomic E-state index is 14.2. The number of hydrogen-bond acceptors (Lipinski definition) is 7. The van der Waals surface area contributed by atoms with Gasteiger partial charge < -0.3 is 16.0 Å². The second-order valence-electron chi connectivity index (χ2n) is 6.59. The number of nitrogens with two attached hydrogens (primary N) is 1. The zero-order valence-electron chi connectivity index (χ0n) is 15.5. The summed E-state index contributed by atoms with van der Waals surface area (Å²) in [7, 11) is -3.80. The van der Waals surface area contributed by atoms with Gasteiger partial charge in [0.1, 0.15) is 0 Å². The second-order valence-corrected chi connectivity index (χ2v) is 8.15. The molecular formula is C19H17FN6O3S. The lowest BCUT2D eigenvalue weighted by Crippen LogP contribution is -2.31. The maximum Gasteiger partial charge on any atom is 0.251 e. The Morgan fingerprint density at radius 1 is 1.07 bits per heavy atom. The quantitative estimate of drug-likeness (QED) is 0.488. The molecule has 0 radical (unpaired) electrons. The van der Waals surface area contributed by atoms with Crippen LogP contribution < -0.4 is 21.1 Å². The molecule has 0 fully saturated rings. The van der Waals surface area contributed by atoms with Crippen molar-refractivity contribution in [2.75, 3.05) is 17.2 Å². The first-order valence-electron chi connectivity index (χ1n) is 8.90. The number of amides is 1. The first-order chi connectivity index (χ1) is 14.3. The average molecular weight is 428 g/mol. The minimum absolute atomic E-state index is 0.0353. The molecule has 154 valence electrons. The highest BCUT2D eigenvalue weighted by atomic mass is 32.2. The first-order valence-corrected chi connectivity index (χ1v) is 10.4. The Balaban J connectivity index is 1.55. The molecule has 0 atom stereocenters. The summed E-state index contributed by atoms with van der Waals surface area (Å²) in [5.74, 6) is -0.830. The average Bonchev–Trinajstić information content (AvgIpc) is 2.71. The summed E-state index contributed by atoms with van der Waals surface area (Å²) in [4.78, 5) is 20.0. The number of primary sulfonamides is 1. The Morgan fingerprint density at radius 3 is 2.53 bits per heavy atom. The summed E-state index contributed by atoms with van der Waals surface area (Å²) < 4.78 is 36.9. The van der Waals surface area contributed by atoms with E-state index in [9.17, 15) is 17.6 Å². The van der Waals surface area contributed by atoms with E-state index < -0.39 is 15.8 Å². The van der Waals surface area contributed by atoms with Gasteiger partial charge in [0.05, 0.1) is 11.1 Å². The van der Waals surface area contributed by atoms with Gasteiger partial charge in [0.15, 0.2) is 11.6 Å². The molecule has 30 heavy (non-hydrogen) atoms. The number of anilines is 4. The molecule has 4 rings (SSSR count). The van der Waals surface area contributed by atoms with E-state index in [-0.39, 0.29) is 22.6 Å². The molecule has 1 aliphatic heterocycles. The van der Waals surface area contributed by atoms with Crippen molar-refractivity contribution in [1.29, 1.82) is 0 Å². The number of fused-ring (bicyclic) bond motifs is 1. The van der Waals surface area contributed by atoms with Gasteiger partial charge in [-0.2, -0.15) is 4.98 Å². The number of carbonyl (C=O) groups excluding carboxylic acids is 1. The Labute approximate surface area is 171 Å². The minimum atomic E-state index is -3.80. The molecular weight excluding hydrogens is 411 g/mol. The number of hydrogen-bond donors (Lipinski definition) is 4. The van der Waals surface area contributed by atoms with Gasteiger partial charge in [-0.25, -0.2) is 22.9 Å². The predicted molar refractivity (Wildman–Crippen MR) is 109 cm³/mol. The minimum Gasteiger partial charge on any atom is -0.352 e. The molecule has 1 aliphatic rings. The summed E-state index contributed by atoms with van der Waals surface area (Å²) in [6.45, 7) is 0.590. The summed E-state index contributed by atoms with van der Waals surface area (Å²) in [5, 5.41) is 13.6. The van der Waals surface area contributed by atoms with Crippen LogP contribution in [0.25, 0.3) is 0 Å². The van der Waals surface area contributed by atoms with Gasteiger partial charge in [-0.05, 0) is 48.4 Å². The van der Waals surface area contributed by atoms with Crippen LogP contribution in [-0.4, -0.2) is 30.8 Å². The van der Waals surface area contributed by atoms with Crippen LogP contribution in [0, 0.1) is 5.82 Å². The lowest BCUT2D eigenvalue weighted by molar-refractivity contribution is 0.0946. The van der Waals surface area contributed by atoms with Crippen LogP contribution in [0.15, 0.2) is 53.6 Å². The predicted octanol–water partition coefficient (Wildman–Crippen LogP) is 2.04. The number of halogens is 1. The Morgan fingerprint density at radius 2 is 1.80 bits per heavy atom. The van der Waals surface area contributed by atoms with Crippen LogP contribution in [-0.2, 0) is 16.4 Å². The lowest BCUT2D eigenvalue weighted by Gasteiger charge is -2.17. The molecule has 0 saturated heterocycles. The van der Waals surface area contributed by atoms with E-state index in [0.717, 1.165) is 18.2 Å². The van der Waals surface area contributed by atoms with Crippen LogP contribution >= 0.6 is 0 Å². The van der Waals surface area contributed by atoms with Crippen molar-refractivity contribution in [3.63, 3.8) is 0 Å². The molecule has 5 N–H and O–H groups in total. The molecule has 0 saturated carbocycles. The van der Waals surface area contributed by atoms with Crippen molar-refractivity contribution < 1.29 is 17.6 Å². The monoisotopic (exact) mass is 428 g/mol. The van der Waals surface area contributed by atoms with E-state index in [1.807, 2.05) is 6.07 Å². The largest absolute Gasteiger partial charge is 0.352 e. The zero-order chi connectivity index (χ0) is 21.3. The van der Waals surface area contributed by atoms with Crippen LogP contribution in [0.3, 0.4) is 0 Å². The van der Waals surface area contributed by atoms with Crippen LogP contribution in [0.4, 0.5) is 27.5 Å². The SMILES string of the molecule is NS(=O)(=O)c1ccc(Nc2ncc(F)c(Nc3ccc4c(c3)C(=O)NCC4)n2)cc1. The fourth-order valence-corrected chi connectivity index (χ4v) is 3.51. The maximum atomic E-state index is 14.2. The highest BCUT2D eigenvalue weighted by Crippen LogP contribution is 2.24. The van der Waals surface area contributed by atoms with Crippen LogP contribution in [0.2, 0.25) is 0 Å². The number of nitrogens with zero attached hydrogens (tertiary/aromatic N) is 2. The fraction of sp³-hybridized carbons (Fsp3) is 0.105. The number of carbonyl (C=O) groups is 1. The van der Waals surface area contributed by atoms with Crippen molar-refractivity contribution in [2.24, 2.45) is 5.14 Å². The van der Waals surface area contributed by atoms with E-state index in [1.54, 1.807) is 12.1 Å². The number of sulfonamides is 1. The summed E-state index contributed by atoms with van der Waals surface area (Å²) in [6.07, 6.45) is 1.74. The third-order valence-electron chi connectivity index (χ3n) is 4.48. The Hall–Kier alpha value is -3.57. The van der Waals surface area contributed by atoms with Gasteiger partial charge in [0, 0.05) is 23.5 Å². The van der Waals surface area contributed by atoms with Gasteiger partial charge >= 0.3 is 0 Å². The molecule has 0 aliphatic carbocycles. The summed E-state index contributed by atoms with van der Waals surface area (Å²) in [6, 6.07) is 10.9. The molecule has 0 spiro atoms. The molecule has 11 heteroatoms. The highest BCUT2D eigenvalue weighted by Gasteiger charge is 2.17. The molecule has 1 amide bonds. The number of benzene rings is 2. The van der Waals surface area contributed by atoms with Gasteiger partial charge in [0.25, 0.3) is 5.91 Å². The van der Waals surface area contributed by atoms with Gasteiger partial charge in [0.2, 0.25) is 16.0 Å². The van der Waals surface area contributed by atoms with Crippen LogP contribution in [0.5, 0.6) is 0 Å². The van der Waals surface area contributed by atoms with Crippen molar-refractivity contribution in [2.45, 2.75) is 11.3 Å². The van der Waals surface area contributed by atoms with Crippen molar-refractivity contribution in [3.8, 4) is 0 Å². The number of rotatable bonds is 5. The fourth-order valence-electron chi connectivity index (χ4n) is 3.00. The third-order valence-corrected chi connectivity index (χ3v) is 5.41. The van der Waals surface area contributed by atoms with Crippen molar-refractivity contribution in [3.05, 3.63) is 65.6 Å². The molecule has 0 unspecified atom stereocenters. The zero-order valence-corrected chi connectivity index (χ0v) is 16.3. The van der Waals surface area contributed by atoms with Crippen molar-refractivity contribution in [1.82, 2.24) is 15.3 Å². The Bertz CT molecular complexity index is 1230. The highest BCUT2D eigenvalue weighted by molar-refractivity contribution is 7.89. The molecule has 1 aromatic heterocycles. The van der Waals surface area contributed by atoms with Gasteiger partial charge in [-0.3, -0.25) is 4.79 Å². The molecule has 9 nitrogen and oxygen atoms in total. The second kappa shape index (κ2) is 7.69. The molecule has 2 aromatic carbocycles. The molecule has 0 bridgehead atoms. The van der Waals surface area contributed by atoms with Crippen molar-refractivity contribution >= 4 is 39.1 Å². The van der Waals surface area contributed by atoms with Gasteiger partial charge in [-0.15, -0.1) is 0 Å². The number of nitrogens with one attached hydrogen (secondary N) is 3. The third kappa shape index (κ3) is 4.21. The van der Waals surface area contributed by atoms with Gasteiger partial charge in [-0.1, -0.05) is 6.07 Å². The van der Waals surface area contributed by atoms with Crippen LogP contribution in [0.1, 0.15) is 15.9 Å². The number of aromatic nitrogens is 2. The molecule has 2 heterocycles. The Kier molecular flexibility index (Phi) is 5.06. The standard InChI is InChI=1S/C19H17FN6O3S/c20-16-10-23-19(25-12-3-5-14(6-4-12)30(21,28)29)26-17(16)24-13-2-1-11-7-8-22-18(27)15(11)9-13/h1-6,9-10H,7-8H2,(H,22,27)(H2,21,28,29)(H2,23,24,25,26). The molecule has 3 aromatic rings. The summed E-state index contributed by atoms with van der Waals surface area (Å²) in [5.41, 5.74) is 2.46. The van der Waals surface area contributed by atoms with E-state index in [2.05, 4.69) is 25.9 Å². The lowest BCUT2D eigenvalue weighted by atomic mass is 10.00. The van der Waals surface area contributed by atoms with E-state index in [0.29, 0.717) is 23.5 Å². The topological polar surface area (TPSA) is 139 Å². The smallest absolute Gasteiger partial charge is 0.251 e. The normalized spacial score (nSPS) is 13.3. The van der Waals surface area contributed by atoms with E-state index in [1.165, 1.54) is 24.3 Å². The van der Waals surface area contributed by atoms with E-state index in [4.69, 9.17) is 5.14 Å². The first kappa shape index (κ1) is 19.7.